The van der Waals surface area contributed by atoms with Gasteiger partial charge in [-0.3, -0.25) is 4.57 Å². The Balaban J connectivity index is 2.43. The average Bonchev–Trinajstić information content (AvgIpc) is 3.17. The van der Waals surface area contributed by atoms with E-state index in [0.29, 0.717) is 11.9 Å². The molecule has 33 heavy (non-hydrogen) atoms. The van der Waals surface area contributed by atoms with Crippen LogP contribution in [0.2, 0.25) is 0 Å². The molecule has 11 nitrogen and oxygen atoms in total. The number of carbonyl (C=O) groups excluding carboxylic acids is 2. The Kier molecular flexibility index (Phi) is 7.51. The number of para-hydroxylation sites is 1. The summed E-state index contributed by atoms with van der Waals surface area (Å²) in [6.45, 7) is -0.705. The number of benzene rings is 1. The van der Waals surface area contributed by atoms with E-state index in [1.807, 2.05) is 0 Å². The van der Waals surface area contributed by atoms with Crippen LogP contribution >= 0.6 is 0 Å². The van der Waals surface area contributed by atoms with Crippen LogP contribution in [0, 0.1) is 0 Å². The van der Waals surface area contributed by atoms with Crippen molar-refractivity contribution in [2.24, 2.45) is 0 Å². The molecule has 3 rings (SSSR count). The summed E-state index contributed by atoms with van der Waals surface area (Å²) < 4.78 is 16.7. The molecule has 5 atom stereocenters. The zero-order valence-electron chi connectivity index (χ0n) is 17.9. The van der Waals surface area contributed by atoms with Crippen molar-refractivity contribution < 1.29 is 49.3 Å². The van der Waals surface area contributed by atoms with E-state index in [2.05, 4.69) is 0 Å². The minimum atomic E-state index is -1.77. The number of rotatable bonds is 6. The second-order valence-electron chi connectivity index (χ2n) is 7.24. The lowest BCUT2D eigenvalue weighted by Gasteiger charge is -2.40. The van der Waals surface area contributed by atoms with Crippen LogP contribution in [-0.2, 0) is 14.2 Å². The summed E-state index contributed by atoms with van der Waals surface area (Å²) in [4.78, 5) is 25.8. The van der Waals surface area contributed by atoms with Gasteiger partial charge in [-0.05, 0) is 18.2 Å². The topological polar surface area (TPSA) is 168 Å². The Morgan fingerprint density at radius 3 is 2.15 bits per heavy atom. The molecule has 1 aromatic carbocycles. The van der Waals surface area contributed by atoms with Gasteiger partial charge in [0.1, 0.15) is 41.9 Å². The van der Waals surface area contributed by atoms with Gasteiger partial charge in [0.15, 0.2) is 0 Å². The van der Waals surface area contributed by atoms with Gasteiger partial charge in [-0.2, -0.15) is 0 Å². The molecule has 11 heteroatoms. The zero-order chi connectivity index (χ0) is 24.3. The van der Waals surface area contributed by atoms with E-state index in [0.717, 1.165) is 20.3 Å². The minimum Gasteiger partial charge on any atom is -0.516 e. The molecule has 0 bridgehead atoms. The zero-order valence-corrected chi connectivity index (χ0v) is 17.9. The van der Waals surface area contributed by atoms with Crippen LogP contribution in [0.3, 0.4) is 0 Å². The first-order valence-electron chi connectivity index (χ1n) is 9.94. The Labute approximate surface area is 188 Å². The fraction of sp³-hybridized carbons (Fsp3) is 0.364. The number of hydrogen-bond acceptors (Lipinski definition) is 10. The summed E-state index contributed by atoms with van der Waals surface area (Å²) in [5.41, 5.74) is -0.268. The minimum absolute atomic E-state index is 0.0575. The maximum atomic E-state index is 13.0. The van der Waals surface area contributed by atoms with Gasteiger partial charge in [0, 0.05) is 16.8 Å². The molecular formula is C22H25NO10. The van der Waals surface area contributed by atoms with E-state index < -0.39 is 49.1 Å². The first kappa shape index (κ1) is 24.4. The molecule has 1 aliphatic heterocycles. The lowest BCUT2D eigenvalue weighted by molar-refractivity contribution is -0.231. The van der Waals surface area contributed by atoms with Gasteiger partial charge in [0.25, 0.3) is 0 Å². The Morgan fingerprint density at radius 2 is 1.61 bits per heavy atom. The van der Waals surface area contributed by atoms with Gasteiger partial charge in [0.2, 0.25) is 0 Å². The number of carbonyl (C=O) groups is 2. The number of aliphatic hydroxyl groups excluding tert-OH is 5. The van der Waals surface area contributed by atoms with Crippen LogP contribution in [-0.4, -0.2) is 87.3 Å². The molecule has 178 valence electrons. The van der Waals surface area contributed by atoms with Crippen LogP contribution in [0.5, 0.6) is 0 Å². The maximum absolute atomic E-state index is 13.0. The highest BCUT2D eigenvalue weighted by atomic mass is 16.5. The van der Waals surface area contributed by atoms with Crippen LogP contribution < -0.4 is 0 Å². The first-order valence-corrected chi connectivity index (χ1v) is 9.94. The van der Waals surface area contributed by atoms with Crippen molar-refractivity contribution in [3.63, 3.8) is 0 Å². The summed E-state index contributed by atoms with van der Waals surface area (Å²) >= 11 is 0. The van der Waals surface area contributed by atoms with Crippen LogP contribution in [0.15, 0.2) is 36.6 Å². The van der Waals surface area contributed by atoms with Gasteiger partial charge in [-0.1, -0.05) is 18.2 Å². The van der Waals surface area contributed by atoms with E-state index >= 15 is 0 Å². The number of hydrogen-bond donors (Lipinski definition) is 5. The van der Waals surface area contributed by atoms with Crippen LogP contribution in [0.25, 0.3) is 11.8 Å². The highest BCUT2D eigenvalue weighted by Crippen LogP contribution is 2.40. The summed E-state index contributed by atoms with van der Waals surface area (Å²) in [5, 5.41) is 50.4. The third-order valence-electron chi connectivity index (χ3n) is 5.44. The van der Waals surface area contributed by atoms with Gasteiger partial charge >= 0.3 is 11.9 Å². The number of esters is 2. The Hall–Kier alpha value is -3.22. The van der Waals surface area contributed by atoms with Crippen molar-refractivity contribution in [3.8, 4) is 5.69 Å². The third-order valence-corrected chi connectivity index (χ3v) is 5.44. The standard InChI is InChI=1S/C22H25NO10/c1-31-21(29)15-12(8-9-24)14(20-19(28)18(27)17(26)13(10-25)33-20)16(22(30)32-2)23(15)11-6-4-3-5-7-11/h3-9,13,17-20,24-28H,10H2,1-2H3. The van der Waals surface area contributed by atoms with Crippen molar-refractivity contribution in [2.75, 3.05) is 20.8 Å². The van der Waals surface area contributed by atoms with E-state index in [1.165, 1.54) is 4.57 Å². The van der Waals surface area contributed by atoms with Gasteiger partial charge < -0.3 is 39.7 Å². The second kappa shape index (κ2) is 10.1. The largest absolute Gasteiger partial charge is 0.516 e. The Bertz CT molecular complexity index is 1030. The molecule has 5 unspecified atom stereocenters. The van der Waals surface area contributed by atoms with E-state index in [4.69, 9.17) is 14.2 Å². The molecule has 1 aromatic heterocycles. The predicted octanol–water partition coefficient (Wildman–Crippen LogP) is 0.0941. The smallest absolute Gasteiger partial charge is 0.355 e. The maximum Gasteiger partial charge on any atom is 0.355 e. The third kappa shape index (κ3) is 4.24. The molecule has 0 spiro atoms. The predicted molar refractivity (Wildman–Crippen MR) is 113 cm³/mol. The molecule has 0 radical (unpaired) electrons. The average molecular weight is 463 g/mol. The molecule has 1 aliphatic rings. The molecule has 0 saturated carbocycles. The van der Waals surface area contributed by atoms with Crippen molar-refractivity contribution in [1.82, 2.24) is 4.57 Å². The summed E-state index contributed by atoms with van der Waals surface area (Å²) in [6.07, 6.45) is -6.24. The molecular weight excluding hydrogens is 438 g/mol. The number of methoxy groups -OCH3 is 2. The number of ether oxygens (including phenoxy) is 3. The summed E-state index contributed by atoms with van der Waals surface area (Å²) in [7, 11) is 2.24. The normalized spacial score (nSPS) is 25.2. The number of nitrogens with zero attached hydrogens (tertiary/aromatic N) is 1. The molecule has 0 amide bonds. The quantitative estimate of drug-likeness (QED) is 0.293. The summed E-state index contributed by atoms with van der Waals surface area (Å²) in [6, 6.07) is 8.24. The van der Waals surface area contributed by atoms with Gasteiger partial charge in [-0.25, -0.2) is 9.59 Å². The SMILES string of the molecule is COC(=O)c1c(C=CO)c(C2OC(CO)C(O)C(O)C2O)c(C(=O)OC)n1-c1ccccc1. The van der Waals surface area contributed by atoms with Crippen LogP contribution in [0.1, 0.15) is 38.2 Å². The van der Waals surface area contributed by atoms with Crippen LogP contribution in [0.4, 0.5) is 0 Å². The lowest BCUT2D eigenvalue weighted by atomic mass is 9.89. The molecule has 0 aliphatic carbocycles. The van der Waals surface area contributed by atoms with Crippen molar-refractivity contribution in [2.45, 2.75) is 30.5 Å². The summed E-state index contributed by atoms with van der Waals surface area (Å²) in [5.74, 6) is -1.80. The number of aromatic nitrogens is 1. The van der Waals surface area contributed by atoms with E-state index in [-0.39, 0.29) is 22.5 Å². The highest BCUT2D eigenvalue weighted by Gasteiger charge is 2.48. The highest BCUT2D eigenvalue weighted by molar-refractivity contribution is 6.00. The van der Waals surface area contributed by atoms with E-state index in [9.17, 15) is 35.1 Å². The lowest BCUT2D eigenvalue weighted by Crippen LogP contribution is -2.55. The fourth-order valence-electron chi connectivity index (χ4n) is 3.91. The number of aliphatic hydroxyl groups is 5. The molecule has 5 N–H and O–H groups in total. The van der Waals surface area contributed by atoms with Gasteiger partial charge in [-0.15, -0.1) is 0 Å². The first-order chi connectivity index (χ1) is 15.8. The fourth-order valence-corrected chi connectivity index (χ4v) is 3.91. The van der Waals surface area contributed by atoms with Crippen molar-refractivity contribution in [1.29, 1.82) is 0 Å². The molecule has 1 fully saturated rings. The van der Waals surface area contributed by atoms with Gasteiger partial charge in [0.05, 0.1) is 27.1 Å². The molecule has 1 saturated heterocycles. The van der Waals surface area contributed by atoms with Crippen molar-refractivity contribution >= 4 is 18.0 Å². The van der Waals surface area contributed by atoms with E-state index in [1.54, 1.807) is 30.3 Å². The molecule has 2 heterocycles. The second-order valence-corrected chi connectivity index (χ2v) is 7.24. The monoisotopic (exact) mass is 463 g/mol. The Morgan fingerprint density at radius 1 is 1.00 bits per heavy atom. The van der Waals surface area contributed by atoms with Crippen molar-refractivity contribution in [3.05, 3.63) is 59.1 Å². The molecule has 2 aromatic rings.